The van der Waals surface area contributed by atoms with Crippen molar-refractivity contribution in [2.24, 2.45) is 4.99 Å². The topological polar surface area (TPSA) is 48.9 Å². The lowest BCUT2D eigenvalue weighted by Gasteiger charge is -2.48. The molecule has 7 heteroatoms. The number of halogens is 2. The summed E-state index contributed by atoms with van der Waals surface area (Å²) < 4.78 is 5.11. The van der Waals surface area contributed by atoms with Crippen LogP contribution in [0.4, 0.5) is 0 Å². The maximum absolute atomic E-state index is 5.11. The first-order chi connectivity index (χ1) is 9.35. The van der Waals surface area contributed by atoms with E-state index in [0.29, 0.717) is 6.04 Å². The van der Waals surface area contributed by atoms with Gasteiger partial charge in [0.05, 0.1) is 5.54 Å². The first-order valence-electron chi connectivity index (χ1n) is 7.61. The number of hydrogen-bond acceptors (Lipinski definition) is 4. The summed E-state index contributed by atoms with van der Waals surface area (Å²) in [5, 5.41) is 7.20. The van der Waals surface area contributed by atoms with E-state index in [9.17, 15) is 0 Å². The second kappa shape index (κ2) is 8.53. The van der Waals surface area contributed by atoms with Gasteiger partial charge < -0.3 is 15.4 Å². The van der Waals surface area contributed by atoms with Crippen LogP contribution >= 0.6 is 24.8 Å². The van der Waals surface area contributed by atoms with Crippen LogP contribution in [0.3, 0.4) is 0 Å². The number of piperidine rings is 1. The Morgan fingerprint density at radius 3 is 2.81 bits per heavy atom. The molecule has 3 fully saturated rings. The maximum atomic E-state index is 5.11. The summed E-state index contributed by atoms with van der Waals surface area (Å²) in [6.45, 7) is 6.34. The van der Waals surface area contributed by atoms with Crippen LogP contribution in [0.15, 0.2) is 4.99 Å². The van der Waals surface area contributed by atoms with Crippen molar-refractivity contribution in [3.63, 3.8) is 0 Å². The lowest BCUT2D eigenvalue weighted by Crippen LogP contribution is -2.67. The fourth-order valence-corrected chi connectivity index (χ4v) is 3.73. The van der Waals surface area contributed by atoms with E-state index in [4.69, 9.17) is 9.73 Å². The number of piperazine rings is 1. The number of rotatable bonds is 4. The van der Waals surface area contributed by atoms with Crippen LogP contribution in [0.5, 0.6) is 0 Å². The van der Waals surface area contributed by atoms with E-state index < -0.39 is 0 Å². The van der Waals surface area contributed by atoms with Crippen molar-refractivity contribution in [2.45, 2.75) is 37.3 Å². The van der Waals surface area contributed by atoms with Gasteiger partial charge in [-0.25, -0.2) is 0 Å². The Morgan fingerprint density at radius 1 is 1.33 bits per heavy atom. The fraction of sp³-hybridized carbons (Fsp3) is 0.929. The van der Waals surface area contributed by atoms with E-state index in [2.05, 4.69) is 15.5 Å². The summed E-state index contributed by atoms with van der Waals surface area (Å²) in [5.41, 5.74) is 0.200. The average Bonchev–Trinajstić information content (AvgIpc) is 2.87. The molecule has 1 spiro atoms. The van der Waals surface area contributed by atoms with Crippen LogP contribution in [-0.4, -0.2) is 68.8 Å². The normalized spacial score (nSPS) is 31.4. The summed E-state index contributed by atoms with van der Waals surface area (Å²) in [7, 11) is 1.76. The van der Waals surface area contributed by atoms with Crippen LogP contribution in [0.25, 0.3) is 0 Å². The first kappa shape index (κ1) is 19.0. The summed E-state index contributed by atoms with van der Waals surface area (Å²) in [6.07, 6.45) is 4.67. The number of aliphatic imine (C=N–C) groups is 1. The lowest BCUT2D eigenvalue weighted by molar-refractivity contribution is 0.126. The van der Waals surface area contributed by atoms with E-state index in [1.165, 1.54) is 38.2 Å². The Kier molecular flexibility index (Phi) is 7.71. The van der Waals surface area contributed by atoms with Crippen molar-refractivity contribution in [1.29, 1.82) is 0 Å². The molecule has 5 nitrogen and oxygen atoms in total. The Hall–Kier alpha value is -0.0700. The van der Waals surface area contributed by atoms with Gasteiger partial charge in [-0.15, -0.1) is 24.8 Å². The van der Waals surface area contributed by atoms with Gasteiger partial charge in [0.2, 0.25) is 0 Å². The van der Waals surface area contributed by atoms with E-state index in [1.807, 2.05) is 0 Å². The summed E-state index contributed by atoms with van der Waals surface area (Å²) >= 11 is 0. The summed E-state index contributed by atoms with van der Waals surface area (Å²) in [6, 6.07) is 0.627. The minimum Gasteiger partial charge on any atom is -0.385 e. The second-order valence-electron chi connectivity index (χ2n) is 5.93. The van der Waals surface area contributed by atoms with E-state index >= 15 is 0 Å². The van der Waals surface area contributed by atoms with Crippen molar-refractivity contribution in [1.82, 2.24) is 15.5 Å². The van der Waals surface area contributed by atoms with E-state index in [1.54, 1.807) is 7.11 Å². The summed E-state index contributed by atoms with van der Waals surface area (Å²) in [5.74, 6) is 1.26. The number of fused-ring (bicyclic) bond motifs is 3. The molecule has 2 atom stereocenters. The van der Waals surface area contributed by atoms with Crippen molar-refractivity contribution >= 4 is 30.6 Å². The fourth-order valence-electron chi connectivity index (χ4n) is 3.73. The van der Waals surface area contributed by atoms with Gasteiger partial charge in [0.15, 0.2) is 0 Å². The molecule has 0 saturated carbocycles. The van der Waals surface area contributed by atoms with Crippen molar-refractivity contribution in [3.05, 3.63) is 0 Å². The predicted octanol–water partition coefficient (Wildman–Crippen LogP) is 1.06. The predicted molar refractivity (Wildman–Crippen MR) is 91.2 cm³/mol. The van der Waals surface area contributed by atoms with Crippen LogP contribution < -0.4 is 10.6 Å². The molecule has 0 aromatic heterocycles. The minimum atomic E-state index is 0. The first-order valence-corrected chi connectivity index (χ1v) is 7.61. The third-order valence-electron chi connectivity index (χ3n) is 4.78. The van der Waals surface area contributed by atoms with Crippen molar-refractivity contribution in [2.75, 3.05) is 46.4 Å². The molecule has 2 N–H and O–H groups in total. The number of nitrogens with zero attached hydrogens (tertiary/aromatic N) is 2. The van der Waals surface area contributed by atoms with Crippen molar-refractivity contribution < 1.29 is 4.74 Å². The highest BCUT2D eigenvalue weighted by atomic mass is 35.5. The van der Waals surface area contributed by atoms with Gasteiger partial charge in [-0.2, -0.15) is 0 Å². The Morgan fingerprint density at radius 2 is 2.10 bits per heavy atom. The molecule has 21 heavy (non-hydrogen) atoms. The van der Waals surface area contributed by atoms with Gasteiger partial charge in [-0.05, 0) is 38.8 Å². The molecule has 3 saturated heterocycles. The average molecular weight is 339 g/mol. The summed E-state index contributed by atoms with van der Waals surface area (Å²) in [4.78, 5) is 7.58. The zero-order valence-corrected chi connectivity index (χ0v) is 14.4. The third kappa shape index (κ3) is 3.82. The Bertz CT molecular complexity index is 348. The third-order valence-corrected chi connectivity index (χ3v) is 4.78. The van der Waals surface area contributed by atoms with Gasteiger partial charge in [0.1, 0.15) is 5.84 Å². The highest BCUT2D eigenvalue weighted by Crippen LogP contribution is 2.34. The minimum absolute atomic E-state index is 0. The Balaban J connectivity index is 0.00000110. The number of amidine groups is 1. The molecular weight excluding hydrogens is 311 g/mol. The molecule has 0 radical (unpaired) electrons. The molecule has 2 bridgehead atoms. The lowest BCUT2D eigenvalue weighted by atomic mass is 9.83. The molecule has 3 rings (SSSR count). The molecular formula is C14H28Cl2N4O. The maximum Gasteiger partial charge on any atom is 0.117 e. The number of hydrogen-bond donors (Lipinski definition) is 2. The highest BCUT2D eigenvalue weighted by Gasteiger charge is 2.49. The molecule has 0 aliphatic carbocycles. The Labute approximate surface area is 140 Å². The van der Waals surface area contributed by atoms with Crippen LogP contribution in [-0.2, 0) is 4.74 Å². The number of ether oxygens (including phenoxy) is 1. The molecule has 2 unspecified atom stereocenters. The number of methoxy groups -OCH3 is 1. The molecule has 3 heterocycles. The monoisotopic (exact) mass is 338 g/mol. The SMILES string of the molecule is COCCCN=C1NC2CCN(C2)C12CCNCC2.Cl.Cl. The van der Waals surface area contributed by atoms with Gasteiger partial charge in [-0.3, -0.25) is 9.89 Å². The molecule has 124 valence electrons. The van der Waals surface area contributed by atoms with E-state index in [0.717, 1.165) is 32.7 Å². The zero-order chi connectivity index (χ0) is 13.1. The van der Waals surface area contributed by atoms with Gasteiger partial charge in [0, 0.05) is 39.4 Å². The van der Waals surface area contributed by atoms with Crippen molar-refractivity contribution in [3.8, 4) is 0 Å². The van der Waals surface area contributed by atoms with E-state index in [-0.39, 0.29) is 30.4 Å². The quantitative estimate of drug-likeness (QED) is 0.752. The van der Waals surface area contributed by atoms with Gasteiger partial charge in [0.25, 0.3) is 0 Å². The molecule has 0 aromatic rings. The second-order valence-corrected chi connectivity index (χ2v) is 5.93. The van der Waals surface area contributed by atoms with Crippen LogP contribution in [0.2, 0.25) is 0 Å². The smallest absolute Gasteiger partial charge is 0.117 e. The molecule has 3 aliphatic rings. The molecule has 3 aliphatic heterocycles. The molecule has 0 amide bonds. The largest absolute Gasteiger partial charge is 0.385 e. The van der Waals surface area contributed by atoms with Crippen LogP contribution in [0, 0.1) is 0 Å². The standard InChI is InChI=1S/C14H26N4O.2ClH/c1-19-10-2-6-16-13-14(4-7-15-8-5-14)18-9-3-12(11-18)17-13;;/h12,15H,2-11H2,1H3,(H,16,17);2*1H. The van der Waals surface area contributed by atoms with Gasteiger partial charge >= 0.3 is 0 Å². The molecule has 0 aromatic carbocycles. The van der Waals surface area contributed by atoms with Gasteiger partial charge in [-0.1, -0.05) is 0 Å². The van der Waals surface area contributed by atoms with Crippen LogP contribution in [0.1, 0.15) is 25.7 Å². The number of nitrogens with one attached hydrogen (secondary N) is 2. The highest BCUT2D eigenvalue weighted by molar-refractivity contribution is 5.93. The zero-order valence-electron chi connectivity index (χ0n) is 12.8.